The summed E-state index contributed by atoms with van der Waals surface area (Å²) in [5.41, 5.74) is -0.669. The quantitative estimate of drug-likeness (QED) is 0.795. The van der Waals surface area contributed by atoms with E-state index in [1.807, 2.05) is 6.07 Å². The number of aliphatic hydroxyl groups is 1. The molecule has 2 rings (SSSR count). The van der Waals surface area contributed by atoms with E-state index in [0.717, 1.165) is 10.1 Å². The van der Waals surface area contributed by atoms with E-state index in [1.165, 1.54) is 10.8 Å². The van der Waals surface area contributed by atoms with Crippen LogP contribution in [0, 0.1) is 11.3 Å². The third-order valence-corrected chi connectivity index (χ3v) is 3.99. The molecule has 0 spiro atoms. The Kier molecular flexibility index (Phi) is 6.53. The molecular formula is C17H18ClN3O4. The molecule has 0 aliphatic rings. The minimum atomic E-state index is -1.08. The van der Waals surface area contributed by atoms with Gasteiger partial charge < -0.3 is 9.84 Å². The third kappa shape index (κ3) is 4.57. The highest BCUT2D eigenvalue weighted by molar-refractivity contribution is 6.31. The first-order valence-corrected chi connectivity index (χ1v) is 8.09. The van der Waals surface area contributed by atoms with Crippen LogP contribution in [-0.2, 0) is 24.4 Å². The van der Waals surface area contributed by atoms with Gasteiger partial charge in [-0.05, 0) is 18.6 Å². The second kappa shape index (κ2) is 8.62. The average Bonchev–Trinajstić information content (AvgIpc) is 2.60. The predicted octanol–water partition coefficient (Wildman–Crippen LogP) is 1.13. The molecular weight excluding hydrogens is 346 g/mol. The maximum atomic E-state index is 12.2. The lowest BCUT2D eigenvalue weighted by Gasteiger charge is -2.14. The van der Waals surface area contributed by atoms with Crippen LogP contribution in [0.1, 0.15) is 18.1 Å². The number of aromatic nitrogens is 2. The van der Waals surface area contributed by atoms with Crippen LogP contribution in [0.4, 0.5) is 0 Å². The molecule has 0 aliphatic heterocycles. The van der Waals surface area contributed by atoms with Crippen LogP contribution in [-0.4, -0.2) is 27.0 Å². The molecule has 0 aliphatic carbocycles. The smallest absolute Gasteiger partial charge is 0.331 e. The largest absolute Gasteiger partial charge is 0.389 e. The summed E-state index contributed by atoms with van der Waals surface area (Å²) < 4.78 is 7.50. The number of hydrogen-bond acceptors (Lipinski definition) is 5. The molecule has 1 atom stereocenters. The van der Waals surface area contributed by atoms with Crippen molar-refractivity contribution >= 4 is 11.6 Å². The van der Waals surface area contributed by atoms with Gasteiger partial charge in [-0.25, -0.2) is 4.79 Å². The van der Waals surface area contributed by atoms with Gasteiger partial charge in [0.05, 0.1) is 25.9 Å². The lowest BCUT2D eigenvalue weighted by Crippen LogP contribution is -2.43. The fourth-order valence-electron chi connectivity index (χ4n) is 2.30. The maximum absolute atomic E-state index is 12.2. The first-order valence-electron chi connectivity index (χ1n) is 7.71. The summed E-state index contributed by atoms with van der Waals surface area (Å²) in [5.74, 6) is 0. The number of benzene rings is 1. The first kappa shape index (κ1) is 18.9. The number of nitriles is 1. The number of aryl methyl sites for hydroxylation is 1. The summed E-state index contributed by atoms with van der Waals surface area (Å²) in [5, 5.41) is 19.6. The van der Waals surface area contributed by atoms with Gasteiger partial charge >= 0.3 is 5.69 Å². The van der Waals surface area contributed by atoms with Crippen LogP contribution in [0.2, 0.25) is 5.02 Å². The molecule has 8 heteroatoms. The number of ether oxygens (including phenoxy) is 1. The maximum Gasteiger partial charge on any atom is 0.331 e. The van der Waals surface area contributed by atoms with E-state index in [9.17, 15) is 14.7 Å². The van der Waals surface area contributed by atoms with Crippen LogP contribution >= 0.6 is 11.6 Å². The van der Waals surface area contributed by atoms with Crippen LogP contribution in [0.3, 0.4) is 0 Å². The summed E-state index contributed by atoms with van der Waals surface area (Å²) in [6.07, 6.45) is 0.147. The Morgan fingerprint density at radius 2 is 2.08 bits per heavy atom. The van der Waals surface area contributed by atoms with E-state index < -0.39 is 17.4 Å². The predicted molar refractivity (Wildman–Crippen MR) is 92.5 cm³/mol. The molecule has 2 aromatic rings. The normalized spacial score (nSPS) is 11.9. The molecule has 25 heavy (non-hydrogen) atoms. The molecule has 132 valence electrons. The Morgan fingerprint density at radius 1 is 1.36 bits per heavy atom. The third-order valence-electron chi connectivity index (χ3n) is 3.62. The summed E-state index contributed by atoms with van der Waals surface area (Å²) in [7, 11) is 0. The zero-order chi connectivity index (χ0) is 18.4. The van der Waals surface area contributed by atoms with Crippen molar-refractivity contribution in [1.29, 1.82) is 5.26 Å². The zero-order valence-corrected chi connectivity index (χ0v) is 14.4. The van der Waals surface area contributed by atoms with Crippen LogP contribution in [0.25, 0.3) is 0 Å². The lowest BCUT2D eigenvalue weighted by molar-refractivity contribution is 0.0191. The van der Waals surface area contributed by atoms with E-state index in [-0.39, 0.29) is 25.3 Å². The Morgan fingerprint density at radius 3 is 2.72 bits per heavy atom. The molecule has 0 unspecified atom stereocenters. The summed E-state index contributed by atoms with van der Waals surface area (Å²) in [6, 6.07) is 8.92. The number of aliphatic hydroxyl groups excluding tert-OH is 1. The molecule has 1 heterocycles. The minimum Gasteiger partial charge on any atom is -0.389 e. The van der Waals surface area contributed by atoms with Gasteiger partial charge in [-0.2, -0.15) is 5.26 Å². The molecule has 0 bridgehead atoms. The second-order valence-corrected chi connectivity index (χ2v) is 5.81. The fraction of sp³-hybridized carbons (Fsp3) is 0.353. The van der Waals surface area contributed by atoms with Crippen LogP contribution in [0.15, 0.2) is 40.1 Å². The van der Waals surface area contributed by atoms with Gasteiger partial charge in [0.2, 0.25) is 0 Å². The molecule has 1 N–H and O–H groups in total. The molecule has 1 aromatic carbocycles. The van der Waals surface area contributed by atoms with E-state index in [1.54, 1.807) is 31.2 Å². The lowest BCUT2D eigenvalue weighted by atomic mass is 10.2. The van der Waals surface area contributed by atoms with Crippen molar-refractivity contribution in [3.63, 3.8) is 0 Å². The minimum absolute atomic E-state index is 0.0833. The summed E-state index contributed by atoms with van der Waals surface area (Å²) in [6.45, 7) is 1.90. The van der Waals surface area contributed by atoms with Crippen molar-refractivity contribution in [3.05, 3.63) is 67.4 Å². The first-order chi connectivity index (χ1) is 12.0. The monoisotopic (exact) mass is 363 g/mol. The number of rotatable bonds is 7. The topological polar surface area (TPSA) is 97.2 Å². The van der Waals surface area contributed by atoms with Gasteiger partial charge in [0, 0.05) is 17.8 Å². The van der Waals surface area contributed by atoms with Gasteiger partial charge in [0.25, 0.3) is 5.56 Å². The van der Waals surface area contributed by atoms with Gasteiger partial charge in [0.15, 0.2) is 0 Å². The van der Waals surface area contributed by atoms with E-state index in [4.69, 9.17) is 21.6 Å². The molecule has 1 aromatic heterocycles. The number of halogens is 1. The van der Waals surface area contributed by atoms with Crippen LogP contribution < -0.4 is 11.2 Å². The SMILES string of the molecule is CCn1cc(C#N)c(=O)n(C[C@@H](O)COCc2ccccc2Cl)c1=O. The van der Waals surface area contributed by atoms with Crippen molar-refractivity contribution in [2.45, 2.75) is 32.7 Å². The highest BCUT2D eigenvalue weighted by Gasteiger charge is 2.14. The molecule has 0 saturated heterocycles. The molecule has 7 nitrogen and oxygen atoms in total. The molecule has 0 fully saturated rings. The van der Waals surface area contributed by atoms with Crippen molar-refractivity contribution in [3.8, 4) is 6.07 Å². The van der Waals surface area contributed by atoms with E-state index in [0.29, 0.717) is 11.6 Å². The van der Waals surface area contributed by atoms with Crippen molar-refractivity contribution in [1.82, 2.24) is 9.13 Å². The standard InChI is InChI=1S/C17H18ClN3O4/c1-2-20-8-13(7-19)16(23)21(17(20)24)9-14(22)11-25-10-12-5-3-4-6-15(12)18/h3-6,8,14,22H,2,9-11H2,1H3/t14-/m1/s1. The van der Waals surface area contributed by atoms with Gasteiger partial charge in [-0.3, -0.25) is 13.9 Å². The summed E-state index contributed by atoms with van der Waals surface area (Å²) in [4.78, 5) is 24.3. The highest BCUT2D eigenvalue weighted by Crippen LogP contribution is 2.15. The molecule has 0 amide bonds. The summed E-state index contributed by atoms with van der Waals surface area (Å²) >= 11 is 6.02. The van der Waals surface area contributed by atoms with Crippen molar-refractivity contribution in [2.24, 2.45) is 0 Å². The molecule has 0 radical (unpaired) electrons. The second-order valence-electron chi connectivity index (χ2n) is 5.40. The molecule has 0 saturated carbocycles. The van der Waals surface area contributed by atoms with Crippen molar-refractivity contribution < 1.29 is 9.84 Å². The van der Waals surface area contributed by atoms with E-state index >= 15 is 0 Å². The highest BCUT2D eigenvalue weighted by atomic mass is 35.5. The Balaban J connectivity index is 2.07. The Hall–Kier alpha value is -2.40. The Labute approximate surface area is 149 Å². The number of hydrogen-bond donors (Lipinski definition) is 1. The van der Waals surface area contributed by atoms with Crippen molar-refractivity contribution in [2.75, 3.05) is 6.61 Å². The zero-order valence-electron chi connectivity index (χ0n) is 13.7. The Bertz CT molecular complexity index is 898. The van der Waals surface area contributed by atoms with Gasteiger partial charge in [-0.1, -0.05) is 29.8 Å². The van der Waals surface area contributed by atoms with E-state index in [2.05, 4.69) is 0 Å². The van der Waals surface area contributed by atoms with Gasteiger partial charge in [-0.15, -0.1) is 0 Å². The van der Waals surface area contributed by atoms with Crippen LogP contribution in [0.5, 0.6) is 0 Å². The number of nitrogens with zero attached hydrogens (tertiary/aromatic N) is 3. The van der Waals surface area contributed by atoms with Gasteiger partial charge in [0.1, 0.15) is 11.6 Å². The fourth-order valence-corrected chi connectivity index (χ4v) is 2.49. The average molecular weight is 364 g/mol.